The van der Waals surface area contributed by atoms with Crippen molar-refractivity contribution in [1.82, 2.24) is 4.90 Å². The van der Waals surface area contributed by atoms with Crippen LogP contribution in [-0.2, 0) is 0 Å². The largest absolute Gasteiger partial charge is 0.378 e. The van der Waals surface area contributed by atoms with Crippen LogP contribution in [0.3, 0.4) is 0 Å². The molecule has 1 saturated heterocycles. The number of hydrogen-bond acceptors (Lipinski definition) is 2. The Morgan fingerprint density at radius 1 is 1.19 bits per heavy atom. The van der Waals surface area contributed by atoms with E-state index < -0.39 is 5.60 Å². The number of hydrogen-bond donors (Lipinski definition) is 1. The highest BCUT2D eigenvalue weighted by Gasteiger charge is 2.30. The van der Waals surface area contributed by atoms with Gasteiger partial charge in [-0.2, -0.15) is 0 Å². The Bertz CT molecular complexity index is 264. The van der Waals surface area contributed by atoms with E-state index in [-0.39, 0.29) is 0 Å². The van der Waals surface area contributed by atoms with Crippen LogP contribution in [0.5, 0.6) is 0 Å². The second-order valence-corrected chi connectivity index (χ2v) is 5.56. The van der Waals surface area contributed by atoms with Gasteiger partial charge in [0.15, 0.2) is 0 Å². The predicted molar refractivity (Wildman–Crippen MR) is 68.1 cm³/mol. The summed E-state index contributed by atoms with van der Waals surface area (Å²) in [5, 5.41) is 10.3. The van der Waals surface area contributed by atoms with Gasteiger partial charge in [0.25, 0.3) is 0 Å². The Balaban J connectivity index is 2.45. The summed E-state index contributed by atoms with van der Waals surface area (Å²) in [7, 11) is 0. The van der Waals surface area contributed by atoms with Gasteiger partial charge >= 0.3 is 0 Å². The Labute approximate surface area is 100 Å². The molecule has 2 nitrogen and oxygen atoms in total. The quantitative estimate of drug-likeness (QED) is 0.726. The first kappa shape index (κ1) is 13.5. The smallest absolute Gasteiger partial charge is 0.127 e. The van der Waals surface area contributed by atoms with Crippen molar-refractivity contribution >= 4 is 0 Å². The van der Waals surface area contributed by atoms with Gasteiger partial charge in [0.2, 0.25) is 0 Å². The van der Waals surface area contributed by atoms with Crippen molar-refractivity contribution in [2.75, 3.05) is 13.1 Å². The predicted octanol–water partition coefficient (Wildman–Crippen LogP) is 2.27. The zero-order chi connectivity index (χ0) is 12.2. The molecule has 0 aliphatic carbocycles. The molecule has 1 aliphatic heterocycles. The van der Waals surface area contributed by atoms with Crippen molar-refractivity contribution < 1.29 is 5.11 Å². The standard InChI is InChI=1S/C14H25NO/c1-12(2)6-5-7-14(16)8-10-15(11-9-14)13(3)4/h12-13,16H,6,8-11H2,1-4H3. The third kappa shape index (κ3) is 4.15. The summed E-state index contributed by atoms with van der Waals surface area (Å²) in [6.45, 7) is 10.6. The maximum Gasteiger partial charge on any atom is 0.127 e. The normalized spacial score (nSPS) is 20.9. The molecular formula is C14H25NO. The average Bonchev–Trinajstić information content (AvgIpc) is 2.17. The minimum atomic E-state index is -0.722. The summed E-state index contributed by atoms with van der Waals surface area (Å²) in [5.41, 5.74) is -0.722. The third-order valence-corrected chi connectivity index (χ3v) is 3.19. The van der Waals surface area contributed by atoms with Crippen LogP contribution in [0.4, 0.5) is 0 Å². The lowest BCUT2D eigenvalue weighted by molar-refractivity contribution is 0.0177. The molecule has 1 N–H and O–H groups in total. The highest BCUT2D eigenvalue weighted by molar-refractivity contribution is 5.15. The molecule has 0 radical (unpaired) electrons. The van der Waals surface area contributed by atoms with Gasteiger partial charge in [0.05, 0.1) is 0 Å². The van der Waals surface area contributed by atoms with Crippen LogP contribution in [0.15, 0.2) is 0 Å². The fourth-order valence-electron chi connectivity index (χ4n) is 1.96. The summed E-state index contributed by atoms with van der Waals surface area (Å²) < 4.78 is 0. The van der Waals surface area contributed by atoms with Crippen LogP contribution in [0, 0.1) is 17.8 Å². The van der Waals surface area contributed by atoms with E-state index >= 15 is 0 Å². The highest BCUT2D eigenvalue weighted by atomic mass is 16.3. The SMILES string of the molecule is CC(C)CC#CC1(O)CCN(C(C)C)CC1. The number of piperidine rings is 1. The van der Waals surface area contributed by atoms with E-state index in [9.17, 15) is 5.11 Å². The molecule has 0 aromatic rings. The molecule has 1 aliphatic rings. The van der Waals surface area contributed by atoms with E-state index in [0.29, 0.717) is 12.0 Å². The lowest BCUT2D eigenvalue weighted by atomic mass is 9.91. The lowest BCUT2D eigenvalue weighted by Crippen LogP contribution is -2.46. The molecule has 0 atom stereocenters. The first-order valence-electron chi connectivity index (χ1n) is 6.39. The number of likely N-dealkylation sites (tertiary alicyclic amines) is 1. The van der Waals surface area contributed by atoms with E-state index in [0.717, 1.165) is 32.4 Å². The van der Waals surface area contributed by atoms with E-state index in [2.05, 4.69) is 44.4 Å². The molecule has 1 heterocycles. The molecule has 2 heteroatoms. The van der Waals surface area contributed by atoms with Crippen LogP contribution in [0.2, 0.25) is 0 Å². The van der Waals surface area contributed by atoms with Crippen molar-refractivity contribution in [2.24, 2.45) is 5.92 Å². The molecule has 0 bridgehead atoms. The summed E-state index contributed by atoms with van der Waals surface area (Å²) in [6, 6.07) is 0.577. The first-order valence-corrected chi connectivity index (χ1v) is 6.39. The molecule has 0 saturated carbocycles. The van der Waals surface area contributed by atoms with Crippen molar-refractivity contribution in [3.8, 4) is 11.8 Å². The van der Waals surface area contributed by atoms with Gasteiger partial charge in [-0.05, 0) is 19.8 Å². The van der Waals surface area contributed by atoms with Crippen LogP contribution >= 0.6 is 0 Å². The molecule has 0 spiro atoms. The molecule has 0 unspecified atom stereocenters. The Morgan fingerprint density at radius 2 is 1.75 bits per heavy atom. The molecular weight excluding hydrogens is 198 g/mol. The zero-order valence-electron chi connectivity index (χ0n) is 11.1. The van der Waals surface area contributed by atoms with Crippen LogP contribution < -0.4 is 0 Å². The summed E-state index contributed by atoms with van der Waals surface area (Å²) in [6.07, 6.45) is 2.46. The van der Waals surface area contributed by atoms with Gasteiger partial charge in [0, 0.05) is 38.4 Å². The van der Waals surface area contributed by atoms with Gasteiger partial charge in [-0.1, -0.05) is 19.8 Å². The third-order valence-electron chi connectivity index (χ3n) is 3.19. The molecule has 0 aromatic carbocycles. The van der Waals surface area contributed by atoms with E-state index in [1.807, 2.05) is 0 Å². The number of nitrogens with zero attached hydrogens (tertiary/aromatic N) is 1. The zero-order valence-corrected chi connectivity index (χ0v) is 11.1. The maximum absolute atomic E-state index is 10.3. The summed E-state index contributed by atoms with van der Waals surface area (Å²) >= 11 is 0. The van der Waals surface area contributed by atoms with Gasteiger partial charge in [-0.25, -0.2) is 0 Å². The average molecular weight is 223 g/mol. The van der Waals surface area contributed by atoms with Crippen molar-refractivity contribution in [3.63, 3.8) is 0 Å². The minimum Gasteiger partial charge on any atom is -0.378 e. The second-order valence-electron chi connectivity index (χ2n) is 5.56. The van der Waals surface area contributed by atoms with Crippen molar-refractivity contribution in [3.05, 3.63) is 0 Å². The first-order chi connectivity index (χ1) is 7.43. The molecule has 0 amide bonds. The van der Waals surface area contributed by atoms with E-state index in [4.69, 9.17) is 0 Å². The van der Waals surface area contributed by atoms with Crippen molar-refractivity contribution in [1.29, 1.82) is 0 Å². The molecule has 1 rings (SSSR count). The summed E-state index contributed by atoms with van der Waals surface area (Å²) in [4.78, 5) is 2.40. The molecule has 92 valence electrons. The van der Waals surface area contributed by atoms with Crippen molar-refractivity contribution in [2.45, 2.75) is 58.6 Å². The Hall–Kier alpha value is -0.520. The van der Waals surface area contributed by atoms with Crippen LogP contribution in [0.1, 0.15) is 47.0 Å². The molecule has 16 heavy (non-hydrogen) atoms. The summed E-state index contributed by atoms with van der Waals surface area (Å²) in [5.74, 6) is 6.78. The number of rotatable bonds is 2. The maximum atomic E-state index is 10.3. The fourth-order valence-corrected chi connectivity index (χ4v) is 1.96. The molecule has 0 aromatic heterocycles. The van der Waals surface area contributed by atoms with Crippen LogP contribution in [-0.4, -0.2) is 34.7 Å². The van der Waals surface area contributed by atoms with Gasteiger partial charge in [-0.15, -0.1) is 5.92 Å². The minimum absolute atomic E-state index is 0.577. The lowest BCUT2D eigenvalue weighted by Gasteiger charge is -2.37. The van der Waals surface area contributed by atoms with Gasteiger partial charge < -0.3 is 10.0 Å². The monoisotopic (exact) mass is 223 g/mol. The Kier molecular flexibility index (Phi) is 4.83. The molecule has 1 fully saturated rings. The highest BCUT2D eigenvalue weighted by Crippen LogP contribution is 2.22. The van der Waals surface area contributed by atoms with E-state index in [1.54, 1.807) is 0 Å². The second kappa shape index (κ2) is 5.70. The van der Waals surface area contributed by atoms with Crippen LogP contribution in [0.25, 0.3) is 0 Å². The number of aliphatic hydroxyl groups is 1. The van der Waals surface area contributed by atoms with Gasteiger partial charge in [0.1, 0.15) is 5.60 Å². The topological polar surface area (TPSA) is 23.5 Å². The van der Waals surface area contributed by atoms with Gasteiger partial charge in [-0.3, -0.25) is 0 Å². The Morgan fingerprint density at radius 3 is 2.19 bits per heavy atom. The fraction of sp³-hybridized carbons (Fsp3) is 0.857. The van der Waals surface area contributed by atoms with E-state index in [1.165, 1.54) is 0 Å².